The van der Waals surface area contributed by atoms with Crippen molar-refractivity contribution in [3.8, 4) is 0 Å². The van der Waals surface area contributed by atoms with Crippen molar-refractivity contribution < 1.29 is 13.9 Å². The highest BCUT2D eigenvalue weighted by atomic mass is 19.1. The Balaban J connectivity index is 2.08. The molecule has 1 heterocycles. The summed E-state index contributed by atoms with van der Waals surface area (Å²) in [6.45, 7) is 2.22. The summed E-state index contributed by atoms with van der Waals surface area (Å²) < 4.78 is 27.8. The number of rotatable bonds is 5. The summed E-state index contributed by atoms with van der Waals surface area (Å²) in [6.07, 6.45) is 3.32. The van der Waals surface area contributed by atoms with E-state index in [4.69, 9.17) is 5.11 Å². The lowest BCUT2D eigenvalue weighted by Crippen LogP contribution is -2.07. The van der Waals surface area contributed by atoms with Crippen molar-refractivity contribution in [2.24, 2.45) is 0 Å². The Morgan fingerprint density at radius 2 is 2.00 bits per heavy atom. The molecule has 1 unspecified atom stereocenters. The van der Waals surface area contributed by atoms with Crippen molar-refractivity contribution in [2.75, 3.05) is 11.9 Å². The monoisotopic (exact) mass is 267 g/mol. The van der Waals surface area contributed by atoms with E-state index in [1.165, 1.54) is 12.1 Å². The van der Waals surface area contributed by atoms with E-state index in [9.17, 15) is 8.78 Å². The van der Waals surface area contributed by atoms with Crippen molar-refractivity contribution >= 4 is 5.69 Å². The van der Waals surface area contributed by atoms with Crippen LogP contribution in [0.1, 0.15) is 18.5 Å². The first-order valence-corrected chi connectivity index (χ1v) is 5.94. The van der Waals surface area contributed by atoms with Gasteiger partial charge >= 0.3 is 0 Å². The van der Waals surface area contributed by atoms with Crippen LogP contribution in [0, 0.1) is 11.6 Å². The van der Waals surface area contributed by atoms with Gasteiger partial charge in [-0.2, -0.15) is 5.10 Å². The number of nitrogens with zero attached hydrogens (tertiary/aromatic N) is 2. The predicted octanol–water partition coefficient (Wildman–Crippen LogP) is 2.33. The van der Waals surface area contributed by atoms with E-state index in [0.717, 1.165) is 11.8 Å². The summed E-state index contributed by atoms with van der Waals surface area (Å²) in [5.41, 5.74) is 1.25. The number of benzene rings is 1. The van der Waals surface area contributed by atoms with Gasteiger partial charge in [-0.05, 0) is 24.6 Å². The Kier molecular flexibility index (Phi) is 4.11. The predicted molar refractivity (Wildman–Crippen MR) is 67.7 cm³/mol. The number of halogens is 2. The topological polar surface area (TPSA) is 50.1 Å². The SMILES string of the molecule is CC(Nc1cnn(CCO)c1)c1cc(F)cc(F)c1. The third kappa shape index (κ3) is 3.51. The van der Waals surface area contributed by atoms with Crippen molar-refractivity contribution in [3.05, 3.63) is 47.8 Å². The molecule has 2 aromatic rings. The molecule has 2 rings (SSSR count). The van der Waals surface area contributed by atoms with Crippen LogP contribution < -0.4 is 5.32 Å². The minimum Gasteiger partial charge on any atom is -0.394 e. The Bertz CT molecular complexity index is 536. The van der Waals surface area contributed by atoms with Gasteiger partial charge in [0.2, 0.25) is 0 Å². The summed E-state index contributed by atoms with van der Waals surface area (Å²) >= 11 is 0. The van der Waals surface area contributed by atoms with Crippen LogP contribution in [0.4, 0.5) is 14.5 Å². The molecule has 0 aliphatic carbocycles. The lowest BCUT2D eigenvalue weighted by Gasteiger charge is -2.14. The minimum atomic E-state index is -0.598. The molecule has 1 aromatic carbocycles. The molecule has 102 valence electrons. The average Bonchev–Trinajstić information content (AvgIpc) is 2.76. The molecule has 0 amide bonds. The Hall–Kier alpha value is -1.95. The molecular formula is C13H15F2N3O. The Morgan fingerprint density at radius 1 is 1.32 bits per heavy atom. The Labute approximate surface area is 109 Å². The second-order valence-electron chi connectivity index (χ2n) is 4.28. The third-order valence-corrected chi connectivity index (χ3v) is 2.73. The molecule has 0 fully saturated rings. The zero-order chi connectivity index (χ0) is 13.8. The van der Waals surface area contributed by atoms with Gasteiger partial charge in [0.1, 0.15) is 11.6 Å². The van der Waals surface area contributed by atoms with Crippen LogP contribution in [0.25, 0.3) is 0 Å². The summed E-state index contributed by atoms with van der Waals surface area (Å²) in [7, 11) is 0. The van der Waals surface area contributed by atoms with E-state index in [0.29, 0.717) is 12.1 Å². The number of aliphatic hydroxyl groups is 1. The first-order valence-electron chi connectivity index (χ1n) is 5.94. The van der Waals surface area contributed by atoms with E-state index in [-0.39, 0.29) is 12.6 Å². The standard InChI is InChI=1S/C13H15F2N3O/c1-9(10-4-11(14)6-12(15)5-10)17-13-7-16-18(8-13)2-3-19/h4-9,17,19H,2-3H2,1H3. The van der Waals surface area contributed by atoms with Gasteiger partial charge in [-0.3, -0.25) is 4.68 Å². The fraction of sp³-hybridized carbons (Fsp3) is 0.308. The van der Waals surface area contributed by atoms with Crippen LogP contribution in [0.2, 0.25) is 0 Å². The molecular weight excluding hydrogens is 252 g/mol. The van der Waals surface area contributed by atoms with E-state index >= 15 is 0 Å². The molecule has 2 N–H and O–H groups in total. The maximum Gasteiger partial charge on any atom is 0.126 e. The number of anilines is 1. The average molecular weight is 267 g/mol. The lowest BCUT2D eigenvalue weighted by atomic mass is 10.1. The van der Waals surface area contributed by atoms with Crippen molar-refractivity contribution in [1.29, 1.82) is 0 Å². The molecule has 1 atom stereocenters. The summed E-state index contributed by atoms with van der Waals surface area (Å²) in [4.78, 5) is 0. The smallest absolute Gasteiger partial charge is 0.126 e. The van der Waals surface area contributed by atoms with Crippen molar-refractivity contribution in [2.45, 2.75) is 19.5 Å². The molecule has 1 aromatic heterocycles. The van der Waals surface area contributed by atoms with E-state index in [2.05, 4.69) is 10.4 Å². The van der Waals surface area contributed by atoms with Gasteiger partial charge < -0.3 is 10.4 Å². The van der Waals surface area contributed by atoms with Gasteiger partial charge in [0.15, 0.2) is 0 Å². The van der Waals surface area contributed by atoms with Gasteiger partial charge in [-0.15, -0.1) is 0 Å². The van der Waals surface area contributed by atoms with Crippen molar-refractivity contribution in [1.82, 2.24) is 9.78 Å². The highest BCUT2D eigenvalue weighted by molar-refractivity contribution is 5.41. The quantitative estimate of drug-likeness (QED) is 0.874. The van der Waals surface area contributed by atoms with Crippen molar-refractivity contribution in [3.63, 3.8) is 0 Å². The summed E-state index contributed by atoms with van der Waals surface area (Å²) in [6, 6.07) is 3.17. The summed E-state index contributed by atoms with van der Waals surface area (Å²) in [5.74, 6) is -1.20. The maximum atomic E-state index is 13.1. The second kappa shape index (κ2) is 5.79. The fourth-order valence-electron chi connectivity index (χ4n) is 1.82. The highest BCUT2D eigenvalue weighted by Crippen LogP contribution is 2.20. The number of aliphatic hydroxyl groups excluding tert-OH is 1. The molecule has 0 bridgehead atoms. The number of aromatic nitrogens is 2. The first kappa shape index (κ1) is 13.5. The lowest BCUT2D eigenvalue weighted by molar-refractivity contribution is 0.269. The van der Waals surface area contributed by atoms with Gasteiger partial charge in [0.05, 0.1) is 25.0 Å². The van der Waals surface area contributed by atoms with E-state index in [1.54, 1.807) is 24.0 Å². The molecule has 0 aliphatic heterocycles. The van der Waals surface area contributed by atoms with Crippen LogP contribution in [0.15, 0.2) is 30.6 Å². The largest absolute Gasteiger partial charge is 0.394 e. The number of hydrogen-bond donors (Lipinski definition) is 2. The molecule has 0 radical (unpaired) electrons. The highest BCUT2D eigenvalue weighted by Gasteiger charge is 2.09. The molecule has 0 saturated carbocycles. The fourth-order valence-corrected chi connectivity index (χ4v) is 1.82. The summed E-state index contributed by atoms with van der Waals surface area (Å²) in [5, 5.41) is 15.9. The van der Waals surface area contributed by atoms with Gasteiger partial charge in [0, 0.05) is 18.3 Å². The zero-order valence-corrected chi connectivity index (χ0v) is 10.5. The van der Waals surface area contributed by atoms with E-state index < -0.39 is 11.6 Å². The van der Waals surface area contributed by atoms with Crippen LogP contribution in [-0.4, -0.2) is 21.5 Å². The normalized spacial score (nSPS) is 12.4. The molecule has 0 aliphatic rings. The molecule has 6 heteroatoms. The van der Waals surface area contributed by atoms with Crippen LogP contribution in [-0.2, 0) is 6.54 Å². The van der Waals surface area contributed by atoms with Gasteiger partial charge in [-0.25, -0.2) is 8.78 Å². The maximum absolute atomic E-state index is 13.1. The van der Waals surface area contributed by atoms with Crippen LogP contribution in [0.3, 0.4) is 0 Å². The van der Waals surface area contributed by atoms with Gasteiger partial charge in [0.25, 0.3) is 0 Å². The van der Waals surface area contributed by atoms with Crippen LogP contribution >= 0.6 is 0 Å². The van der Waals surface area contributed by atoms with Crippen LogP contribution in [0.5, 0.6) is 0 Å². The third-order valence-electron chi connectivity index (χ3n) is 2.73. The van der Waals surface area contributed by atoms with Gasteiger partial charge in [-0.1, -0.05) is 0 Å². The number of nitrogens with one attached hydrogen (secondary N) is 1. The van der Waals surface area contributed by atoms with E-state index in [1.807, 2.05) is 0 Å². The minimum absolute atomic E-state index is 0.00574. The number of hydrogen-bond acceptors (Lipinski definition) is 3. The molecule has 0 spiro atoms. The molecule has 19 heavy (non-hydrogen) atoms. The molecule has 4 nitrogen and oxygen atoms in total. The Morgan fingerprint density at radius 3 is 2.63 bits per heavy atom. The molecule has 0 saturated heterocycles. The zero-order valence-electron chi connectivity index (χ0n) is 10.5. The second-order valence-corrected chi connectivity index (χ2v) is 4.28. The first-order chi connectivity index (χ1) is 9.08.